The molecule has 0 radical (unpaired) electrons. The zero-order valence-electron chi connectivity index (χ0n) is 12.0. The third kappa shape index (κ3) is 2.03. The molecule has 2 heterocycles. The third-order valence-corrected chi connectivity index (χ3v) is 3.30. The predicted molar refractivity (Wildman–Crippen MR) is 82.4 cm³/mol. The van der Waals surface area contributed by atoms with Crippen molar-refractivity contribution in [2.75, 3.05) is 5.73 Å². The number of hydrogen-bond acceptors (Lipinski definition) is 3. The van der Waals surface area contributed by atoms with Gasteiger partial charge in [0, 0.05) is 16.4 Å². The molecule has 0 aliphatic heterocycles. The first-order valence-electron chi connectivity index (χ1n) is 6.66. The van der Waals surface area contributed by atoms with Crippen molar-refractivity contribution >= 4 is 16.7 Å². The average Bonchev–Trinajstić information content (AvgIpc) is 2.77. The van der Waals surface area contributed by atoms with Gasteiger partial charge in [0.1, 0.15) is 11.5 Å². The van der Waals surface area contributed by atoms with E-state index in [0.29, 0.717) is 5.82 Å². The number of nitrogens with two attached hydrogens (primary N) is 1. The molecule has 3 aromatic rings. The van der Waals surface area contributed by atoms with Crippen LogP contribution in [0.3, 0.4) is 0 Å². The highest BCUT2D eigenvalue weighted by Crippen LogP contribution is 2.32. The van der Waals surface area contributed by atoms with Gasteiger partial charge in [0.05, 0.1) is 18.1 Å². The van der Waals surface area contributed by atoms with Crippen LogP contribution in [-0.4, -0.2) is 14.5 Å². The number of nitrogen functional groups attached to an aromatic ring is 1. The van der Waals surface area contributed by atoms with Gasteiger partial charge in [-0.1, -0.05) is 18.2 Å². The normalized spacial score (nSPS) is 11.9. The van der Waals surface area contributed by atoms with E-state index in [1.165, 1.54) is 10.9 Å². The lowest BCUT2D eigenvalue weighted by atomic mass is 10.1. The van der Waals surface area contributed by atoms with Crippen molar-refractivity contribution in [1.82, 2.24) is 14.5 Å². The van der Waals surface area contributed by atoms with Crippen LogP contribution in [0.15, 0.2) is 42.7 Å². The van der Waals surface area contributed by atoms with E-state index in [1.54, 1.807) is 12.4 Å². The molecule has 20 heavy (non-hydrogen) atoms. The van der Waals surface area contributed by atoms with E-state index in [0.717, 1.165) is 11.4 Å². The van der Waals surface area contributed by atoms with E-state index in [9.17, 15) is 0 Å². The van der Waals surface area contributed by atoms with Crippen molar-refractivity contribution in [3.63, 3.8) is 0 Å². The van der Waals surface area contributed by atoms with E-state index in [2.05, 4.69) is 59.6 Å². The first-order chi connectivity index (χ1) is 9.47. The molecule has 0 saturated carbocycles. The predicted octanol–water partition coefficient (Wildman–Crippen LogP) is 3.44. The van der Waals surface area contributed by atoms with Gasteiger partial charge in [-0.15, -0.1) is 0 Å². The van der Waals surface area contributed by atoms with Gasteiger partial charge in [-0.3, -0.25) is 4.98 Å². The van der Waals surface area contributed by atoms with Crippen LogP contribution in [0.25, 0.3) is 22.3 Å². The summed E-state index contributed by atoms with van der Waals surface area (Å²) in [6.07, 6.45) is 3.32. The summed E-state index contributed by atoms with van der Waals surface area (Å²) in [6.45, 7) is 6.55. The highest BCUT2D eigenvalue weighted by Gasteiger charge is 2.21. The Kier molecular flexibility index (Phi) is 2.74. The van der Waals surface area contributed by atoms with Crippen LogP contribution >= 0.6 is 0 Å². The van der Waals surface area contributed by atoms with Gasteiger partial charge in [0.25, 0.3) is 0 Å². The Morgan fingerprint density at radius 1 is 1.10 bits per heavy atom. The number of hydrogen-bond donors (Lipinski definition) is 1. The summed E-state index contributed by atoms with van der Waals surface area (Å²) in [5, 5.41) is 1.20. The molecule has 0 bridgehead atoms. The molecule has 0 atom stereocenters. The summed E-state index contributed by atoms with van der Waals surface area (Å²) in [7, 11) is 0. The second-order valence-electron chi connectivity index (χ2n) is 5.92. The Morgan fingerprint density at radius 2 is 1.85 bits per heavy atom. The summed E-state index contributed by atoms with van der Waals surface area (Å²) < 4.78 is 2.28. The molecule has 0 spiro atoms. The van der Waals surface area contributed by atoms with Crippen molar-refractivity contribution in [3.8, 4) is 11.4 Å². The Morgan fingerprint density at radius 3 is 2.55 bits per heavy atom. The Hall–Kier alpha value is -2.36. The quantitative estimate of drug-likeness (QED) is 0.734. The Balaban J connectivity index is 2.35. The average molecular weight is 266 g/mol. The molecule has 4 heteroatoms. The summed E-state index contributed by atoms with van der Waals surface area (Å²) >= 11 is 0. The van der Waals surface area contributed by atoms with Crippen molar-refractivity contribution in [2.45, 2.75) is 26.3 Å². The SMILES string of the molecule is CC(C)(C)n1c(-c2cncc(N)n2)cc2ccccc21. The second kappa shape index (κ2) is 4.34. The minimum atomic E-state index is -0.0509. The van der Waals surface area contributed by atoms with E-state index in [-0.39, 0.29) is 5.54 Å². The van der Waals surface area contributed by atoms with Crippen LogP contribution in [-0.2, 0) is 5.54 Å². The van der Waals surface area contributed by atoms with Gasteiger partial charge >= 0.3 is 0 Å². The van der Waals surface area contributed by atoms with Crippen molar-refractivity contribution in [2.24, 2.45) is 0 Å². The minimum Gasteiger partial charge on any atom is -0.382 e. The summed E-state index contributed by atoms with van der Waals surface area (Å²) in [5.41, 5.74) is 8.75. The fourth-order valence-electron chi connectivity index (χ4n) is 2.57. The van der Waals surface area contributed by atoms with Crippen LogP contribution in [0.1, 0.15) is 20.8 Å². The summed E-state index contributed by atoms with van der Waals surface area (Å²) in [6, 6.07) is 10.5. The van der Waals surface area contributed by atoms with E-state index in [1.807, 2.05) is 6.07 Å². The number of aromatic nitrogens is 3. The summed E-state index contributed by atoms with van der Waals surface area (Å²) in [4.78, 5) is 8.56. The van der Waals surface area contributed by atoms with Gasteiger partial charge in [0.2, 0.25) is 0 Å². The lowest BCUT2D eigenvalue weighted by molar-refractivity contribution is 0.415. The van der Waals surface area contributed by atoms with E-state index in [4.69, 9.17) is 5.73 Å². The highest BCUT2D eigenvalue weighted by molar-refractivity contribution is 5.86. The molecule has 2 aromatic heterocycles. The first-order valence-corrected chi connectivity index (χ1v) is 6.66. The second-order valence-corrected chi connectivity index (χ2v) is 5.92. The number of benzene rings is 1. The molecule has 0 aliphatic rings. The lowest BCUT2D eigenvalue weighted by Crippen LogP contribution is -2.22. The molecule has 0 fully saturated rings. The maximum absolute atomic E-state index is 5.77. The molecule has 2 N–H and O–H groups in total. The van der Waals surface area contributed by atoms with Gasteiger partial charge < -0.3 is 10.3 Å². The lowest BCUT2D eigenvalue weighted by Gasteiger charge is -2.25. The molecular weight excluding hydrogens is 248 g/mol. The largest absolute Gasteiger partial charge is 0.382 e. The van der Waals surface area contributed by atoms with Crippen molar-refractivity contribution in [3.05, 3.63) is 42.7 Å². The molecule has 1 aromatic carbocycles. The number of nitrogens with zero attached hydrogens (tertiary/aromatic N) is 3. The van der Waals surface area contributed by atoms with Crippen LogP contribution in [0, 0.1) is 0 Å². The van der Waals surface area contributed by atoms with Crippen molar-refractivity contribution in [1.29, 1.82) is 0 Å². The van der Waals surface area contributed by atoms with Crippen LogP contribution in [0.4, 0.5) is 5.82 Å². The molecule has 3 rings (SSSR count). The van der Waals surface area contributed by atoms with Gasteiger partial charge in [-0.05, 0) is 32.9 Å². The topological polar surface area (TPSA) is 56.7 Å². The number of para-hydroxylation sites is 1. The number of rotatable bonds is 1. The van der Waals surface area contributed by atoms with E-state index >= 15 is 0 Å². The maximum atomic E-state index is 5.77. The standard InChI is InChI=1S/C16H18N4/c1-16(2,3)20-13-7-5-4-6-11(13)8-14(20)12-9-18-10-15(17)19-12/h4-10H,1-3H3,(H2,17,19). The molecule has 4 nitrogen and oxygen atoms in total. The number of anilines is 1. The Bertz CT molecular complexity index is 765. The molecule has 0 amide bonds. The molecule has 0 aliphatic carbocycles. The van der Waals surface area contributed by atoms with Gasteiger partial charge in [0.15, 0.2) is 0 Å². The van der Waals surface area contributed by atoms with Crippen molar-refractivity contribution < 1.29 is 0 Å². The zero-order valence-corrected chi connectivity index (χ0v) is 12.0. The molecular formula is C16H18N4. The monoisotopic (exact) mass is 266 g/mol. The Labute approximate surface area is 118 Å². The summed E-state index contributed by atoms with van der Waals surface area (Å²) in [5.74, 6) is 0.438. The number of fused-ring (bicyclic) bond motifs is 1. The smallest absolute Gasteiger partial charge is 0.142 e. The highest BCUT2D eigenvalue weighted by atomic mass is 15.1. The van der Waals surface area contributed by atoms with Gasteiger partial charge in [-0.25, -0.2) is 4.98 Å². The molecule has 0 saturated heterocycles. The fourth-order valence-corrected chi connectivity index (χ4v) is 2.57. The van der Waals surface area contributed by atoms with Crippen LogP contribution < -0.4 is 5.73 Å². The first kappa shape index (κ1) is 12.7. The fraction of sp³-hybridized carbons (Fsp3) is 0.250. The van der Waals surface area contributed by atoms with Crippen LogP contribution in [0.2, 0.25) is 0 Å². The minimum absolute atomic E-state index is 0.0509. The third-order valence-electron chi connectivity index (χ3n) is 3.30. The van der Waals surface area contributed by atoms with Crippen LogP contribution in [0.5, 0.6) is 0 Å². The van der Waals surface area contributed by atoms with E-state index < -0.39 is 0 Å². The van der Waals surface area contributed by atoms with Gasteiger partial charge in [-0.2, -0.15) is 0 Å². The molecule has 0 unspecified atom stereocenters. The molecule has 102 valence electrons. The maximum Gasteiger partial charge on any atom is 0.142 e. The zero-order chi connectivity index (χ0) is 14.3.